The fourth-order valence-electron chi connectivity index (χ4n) is 0.774. The van der Waals surface area contributed by atoms with Crippen LogP contribution >= 0.6 is 11.6 Å². The highest BCUT2D eigenvalue weighted by atomic mass is 35.5. The lowest BCUT2D eigenvalue weighted by atomic mass is 10.00. The number of hydrogen-bond acceptors (Lipinski definition) is 2. The second-order valence-electron chi connectivity index (χ2n) is 2.39. The third kappa shape index (κ3) is 3.06. The molecular formula is C8H13ClO2. The molecule has 0 amide bonds. The SMILES string of the molecule is C=CCC(Cl)(CC=C)C(O)O. The second kappa shape index (κ2) is 4.54. The van der Waals surface area contributed by atoms with Gasteiger partial charge in [-0.3, -0.25) is 0 Å². The molecule has 0 atom stereocenters. The molecule has 0 aliphatic heterocycles. The normalized spacial score (nSPS) is 11.6. The fraction of sp³-hybridized carbons (Fsp3) is 0.500. The van der Waals surface area contributed by atoms with Gasteiger partial charge in [0, 0.05) is 0 Å². The molecule has 2 nitrogen and oxygen atoms in total. The van der Waals surface area contributed by atoms with Crippen molar-refractivity contribution in [2.45, 2.75) is 24.0 Å². The zero-order valence-corrected chi connectivity index (χ0v) is 7.09. The molecule has 0 rings (SSSR count). The van der Waals surface area contributed by atoms with E-state index in [4.69, 9.17) is 21.8 Å². The summed E-state index contributed by atoms with van der Waals surface area (Å²) >= 11 is 5.83. The van der Waals surface area contributed by atoms with E-state index in [1.807, 2.05) is 0 Å². The topological polar surface area (TPSA) is 40.5 Å². The number of hydrogen-bond donors (Lipinski definition) is 2. The first kappa shape index (κ1) is 10.7. The molecule has 2 N–H and O–H groups in total. The molecule has 0 heterocycles. The number of aliphatic hydroxyl groups excluding tert-OH is 1. The Bertz CT molecular complexity index is 133. The molecule has 0 aromatic carbocycles. The lowest BCUT2D eigenvalue weighted by Gasteiger charge is -2.25. The second-order valence-corrected chi connectivity index (χ2v) is 3.15. The maximum atomic E-state index is 8.86. The van der Waals surface area contributed by atoms with Gasteiger partial charge in [-0.25, -0.2) is 0 Å². The minimum atomic E-state index is -1.54. The van der Waals surface area contributed by atoms with E-state index in [0.717, 1.165) is 0 Å². The fourth-order valence-corrected chi connectivity index (χ4v) is 0.992. The van der Waals surface area contributed by atoms with Crippen molar-refractivity contribution < 1.29 is 10.2 Å². The Kier molecular flexibility index (Phi) is 4.42. The largest absolute Gasteiger partial charge is 0.367 e. The van der Waals surface area contributed by atoms with Crippen LogP contribution in [-0.2, 0) is 0 Å². The third-order valence-corrected chi connectivity index (χ3v) is 1.93. The van der Waals surface area contributed by atoms with Crippen molar-refractivity contribution in [2.24, 2.45) is 0 Å². The summed E-state index contributed by atoms with van der Waals surface area (Å²) in [5, 5.41) is 17.7. The van der Waals surface area contributed by atoms with E-state index in [0.29, 0.717) is 12.8 Å². The molecule has 0 aliphatic carbocycles. The first-order valence-corrected chi connectivity index (χ1v) is 3.71. The average Bonchev–Trinajstić information content (AvgIpc) is 1.88. The lowest BCUT2D eigenvalue weighted by molar-refractivity contribution is -0.0705. The molecule has 0 saturated heterocycles. The van der Waals surface area contributed by atoms with E-state index >= 15 is 0 Å². The van der Waals surface area contributed by atoms with Crippen molar-refractivity contribution in [1.29, 1.82) is 0 Å². The minimum absolute atomic E-state index is 0.345. The van der Waals surface area contributed by atoms with Crippen LogP contribution in [0.5, 0.6) is 0 Å². The van der Waals surface area contributed by atoms with Gasteiger partial charge in [0.25, 0.3) is 0 Å². The Labute approximate surface area is 71.8 Å². The monoisotopic (exact) mass is 176 g/mol. The molecule has 11 heavy (non-hydrogen) atoms. The highest BCUT2D eigenvalue weighted by molar-refractivity contribution is 6.24. The number of alkyl halides is 1. The van der Waals surface area contributed by atoms with Crippen LogP contribution in [0.25, 0.3) is 0 Å². The standard InChI is InChI=1S/C8H13ClO2/c1-3-5-8(9,6-4-2)7(10)11/h3-4,7,10-11H,1-2,5-6H2. The quantitative estimate of drug-likeness (QED) is 0.378. The molecular weight excluding hydrogens is 164 g/mol. The first-order valence-electron chi connectivity index (χ1n) is 3.33. The number of halogens is 1. The van der Waals surface area contributed by atoms with E-state index in [1.165, 1.54) is 0 Å². The van der Waals surface area contributed by atoms with Crippen LogP contribution in [-0.4, -0.2) is 21.4 Å². The zero-order chi connectivity index (χ0) is 8.91. The average molecular weight is 177 g/mol. The number of rotatable bonds is 5. The van der Waals surface area contributed by atoms with Crippen molar-refractivity contribution in [3.63, 3.8) is 0 Å². The Morgan fingerprint density at radius 2 is 1.64 bits per heavy atom. The minimum Gasteiger partial charge on any atom is -0.367 e. The molecule has 0 saturated carbocycles. The van der Waals surface area contributed by atoms with E-state index in [9.17, 15) is 0 Å². The number of allylic oxidation sites excluding steroid dienone is 2. The van der Waals surface area contributed by atoms with Gasteiger partial charge in [0.15, 0.2) is 6.29 Å². The molecule has 0 fully saturated rings. The van der Waals surface area contributed by atoms with Gasteiger partial charge in [-0.1, -0.05) is 12.2 Å². The molecule has 0 aromatic rings. The van der Waals surface area contributed by atoms with Crippen LogP contribution in [0.3, 0.4) is 0 Å². The van der Waals surface area contributed by atoms with Gasteiger partial charge in [0.05, 0.1) is 0 Å². The molecule has 0 spiro atoms. The van der Waals surface area contributed by atoms with Crippen LogP contribution in [0.2, 0.25) is 0 Å². The predicted molar refractivity (Wildman–Crippen MR) is 46.4 cm³/mol. The molecule has 3 heteroatoms. The summed E-state index contributed by atoms with van der Waals surface area (Å²) in [6, 6.07) is 0. The van der Waals surface area contributed by atoms with Gasteiger partial charge < -0.3 is 10.2 Å². The van der Waals surface area contributed by atoms with Gasteiger partial charge in [0.1, 0.15) is 4.87 Å². The maximum Gasteiger partial charge on any atom is 0.171 e. The summed E-state index contributed by atoms with van der Waals surface area (Å²) < 4.78 is 0. The van der Waals surface area contributed by atoms with Gasteiger partial charge in [0.2, 0.25) is 0 Å². The Balaban J connectivity index is 4.23. The summed E-state index contributed by atoms with van der Waals surface area (Å²) in [6.45, 7) is 6.94. The van der Waals surface area contributed by atoms with Crippen molar-refractivity contribution in [3.05, 3.63) is 25.3 Å². The van der Waals surface area contributed by atoms with Crippen molar-refractivity contribution in [2.75, 3.05) is 0 Å². The molecule has 0 aromatic heterocycles. The molecule has 0 radical (unpaired) electrons. The number of aliphatic hydroxyl groups is 2. The smallest absolute Gasteiger partial charge is 0.171 e. The molecule has 0 aliphatic rings. The summed E-state index contributed by atoms with van der Waals surface area (Å²) in [4.78, 5) is -1.05. The predicted octanol–water partition coefficient (Wildman–Crippen LogP) is 1.43. The van der Waals surface area contributed by atoms with Crippen molar-refractivity contribution in [3.8, 4) is 0 Å². The molecule has 0 unspecified atom stereocenters. The van der Waals surface area contributed by atoms with E-state index in [1.54, 1.807) is 12.2 Å². The maximum absolute atomic E-state index is 8.86. The Hall–Kier alpha value is -0.310. The summed E-state index contributed by atoms with van der Waals surface area (Å²) in [5.74, 6) is 0. The highest BCUT2D eigenvalue weighted by Crippen LogP contribution is 2.28. The van der Waals surface area contributed by atoms with Crippen LogP contribution in [0.15, 0.2) is 25.3 Å². The van der Waals surface area contributed by atoms with Crippen LogP contribution in [0.1, 0.15) is 12.8 Å². The van der Waals surface area contributed by atoms with E-state index in [2.05, 4.69) is 13.2 Å². The summed E-state index contributed by atoms with van der Waals surface area (Å²) in [7, 11) is 0. The van der Waals surface area contributed by atoms with Crippen LogP contribution < -0.4 is 0 Å². The zero-order valence-electron chi connectivity index (χ0n) is 6.33. The molecule has 0 bridgehead atoms. The summed E-state index contributed by atoms with van der Waals surface area (Å²) in [6.07, 6.45) is 2.25. The van der Waals surface area contributed by atoms with Crippen molar-refractivity contribution in [1.82, 2.24) is 0 Å². The van der Waals surface area contributed by atoms with Gasteiger partial charge in [-0.05, 0) is 12.8 Å². The highest BCUT2D eigenvalue weighted by Gasteiger charge is 2.31. The molecule has 64 valence electrons. The van der Waals surface area contributed by atoms with Crippen molar-refractivity contribution >= 4 is 11.6 Å². The first-order chi connectivity index (χ1) is 5.06. The Morgan fingerprint density at radius 3 is 1.82 bits per heavy atom. The van der Waals surface area contributed by atoms with Crippen LogP contribution in [0, 0.1) is 0 Å². The van der Waals surface area contributed by atoms with Gasteiger partial charge in [-0.15, -0.1) is 24.8 Å². The van der Waals surface area contributed by atoms with Gasteiger partial charge in [-0.2, -0.15) is 0 Å². The van der Waals surface area contributed by atoms with Crippen LogP contribution in [0.4, 0.5) is 0 Å². The van der Waals surface area contributed by atoms with E-state index < -0.39 is 11.2 Å². The lowest BCUT2D eigenvalue weighted by Crippen LogP contribution is -2.35. The summed E-state index contributed by atoms with van der Waals surface area (Å²) in [5.41, 5.74) is 0. The van der Waals surface area contributed by atoms with Gasteiger partial charge >= 0.3 is 0 Å². The van der Waals surface area contributed by atoms with E-state index in [-0.39, 0.29) is 0 Å². The Morgan fingerprint density at radius 1 is 1.27 bits per heavy atom. The third-order valence-electron chi connectivity index (χ3n) is 1.43.